The Morgan fingerprint density at radius 3 is 2.46 bits per heavy atom. The summed E-state index contributed by atoms with van der Waals surface area (Å²) in [5.41, 5.74) is 1.96. The number of carbonyl (C=O) groups is 2. The molecule has 1 aromatic rings. The van der Waals surface area contributed by atoms with E-state index in [4.69, 9.17) is 4.74 Å². The smallest absolute Gasteiger partial charge is 0.317 e. The number of nitrogens with zero attached hydrogens (tertiary/aromatic N) is 2. The van der Waals surface area contributed by atoms with Crippen molar-refractivity contribution in [3.63, 3.8) is 0 Å². The molecule has 0 saturated carbocycles. The fourth-order valence-corrected chi connectivity index (χ4v) is 3.35. The molecule has 0 bridgehead atoms. The number of hydrogen-bond donors (Lipinski definition) is 1. The Morgan fingerprint density at radius 2 is 1.88 bits per heavy atom. The molecular weight excluding hydrogens is 306 g/mol. The van der Waals surface area contributed by atoms with Crippen LogP contribution in [0.15, 0.2) is 24.3 Å². The third-order valence-corrected chi connectivity index (χ3v) is 4.47. The number of nitrogens with one attached hydrogen (secondary N) is 1. The van der Waals surface area contributed by atoms with E-state index in [2.05, 4.69) is 5.32 Å². The van der Waals surface area contributed by atoms with Gasteiger partial charge in [-0.05, 0) is 38.0 Å². The van der Waals surface area contributed by atoms with Crippen molar-refractivity contribution in [2.24, 2.45) is 0 Å². The molecule has 0 spiro atoms. The average Bonchev–Trinajstić information content (AvgIpc) is 2.98. The van der Waals surface area contributed by atoms with Crippen molar-refractivity contribution in [1.82, 2.24) is 10.2 Å². The Labute approximate surface area is 142 Å². The second-order valence-corrected chi connectivity index (χ2v) is 6.64. The number of urea groups is 1. The van der Waals surface area contributed by atoms with Gasteiger partial charge in [-0.3, -0.25) is 4.79 Å². The fraction of sp³-hybridized carbons (Fsp3) is 0.556. The number of ether oxygens (including phenoxy) is 1. The van der Waals surface area contributed by atoms with Gasteiger partial charge in [0.2, 0.25) is 5.91 Å². The summed E-state index contributed by atoms with van der Waals surface area (Å²) in [4.78, 5) is 27.7. The molecule has 0 aliphatic carbocycles. The highest BCUT2D eigenvalue weighted by Crippen LogP contribution is 2.21. The zero-order chi connectivity index (χ0) is 17.1. The van der Waals surface area contributed by atoms with Crippen molar-refractivity contribution in [3.8, 4) is 0 Å². The molecule has 2 saturated heterocycles. The van der Waals surface area contributed by atoms with E-state index in [1.807, 2.05) is 43.0 Å². The van der Waals surface area contributed by atoms with Gasteiger partial charge in [0.05, 0.1) is 12.2 Å². The molecular formula is C18H25N3O3. The maximum Gasteiger partial charge on any atom is 0.317 e. The Morgan fingerprint density at radius 1 is 1.21 bits per heavy atom. The number of carbonyl (C=O) groups excluding carboxylic acids is 2. The van der Waals surface area contributed by atoms with Crippen LogP contribution in [0.4, 0.5) is 10.5 Å². The predicted molar refractivity (Wildman–Crippen MR) is 91.8 cm³/mol. The van der Waals surface area contributed by atoms with Gasteiger partial charge >= 0.3 is 6.03 Å². The lowest BCUT2D eigenvalue weighted by atomic mass is 10.2. The highest BCUT2D eigenvalue weighted by molar-refractivity contribution is 5.95. The fourth-order valence-electron chi connectivity index (χ4n) is 3.35. The van der Waals surface area contributed by atoms with Crippen molar-refractivity contribution < 1.29 is 14.3 Å². The summed E-state index contributed by atoms with van der Waals surface area (Å²) in [6, 6.07) is 7.76. The molecule has 3 rings (SSSR count). The second kappa shape index (κ2) is 7.21. The minimum atomic E-state index is -0.0594. The molecule has 0 aromatic heterocycles. The molecule has 1 N–H and O–H groups in total. The molecule has 3 amide bonds. The van der Waals surface area contributed by atoms with Crippen molar-refractivity contribution in [2.75, 3.05) is 24.5 Å². The molecule has 0 radical (unpaired) electrons. The van der Waals surface area contributed by atoms with Gasteiger partial charge in [-0.2, -0.15) is 0 Å². The van der Waals surface area contributed by atoms with Crippen molar-refractivity contribution in [3.05, 3.63) is 29.8 Å². The lowest BCUT2D eigenvalue weighted by Crippen LogP contribution is -2.51. The van der Waals surface area contributed by atoms with Crippen LogP contribution in [-0.2, 0) is 16.1 Å². The first-order valence-electron chi connectivity index (χ1n) is 8.60. The van der Waals surface area contributed by atoms with E-state index in [1.54, 1.807) is 4.90 Å². The van der Waals surface area contributed by atoms with Gasteiger partial charge in [-0.1, -0.05) is 12.1 Å². The van der Waals surface area contributed by atoms with E-state index >= 15 is 0 Å². The number of amides is 3. The highest BCUT2D eigenvalue weighted by Gasteiger charge is 2.25. The average molecular weight is 331 g/mol. The summed E-state index contributed by atoms with van der Waals surface area (Å²) in [6.07, 6.45) is 1.69. The summed E-state index contributed by atoms with van der Waals surface area (Å²) < 4.78 is 5.65. The maximum absolute atomic E-state index is 12.3. The monoisotopic (exact) mass is 331 g/mol. The largest absolute Gasteiger partial charge is 0.372 e. The lowest BCUT2D eigenvalue weighted by molar-refractivity contribution is -0.117. The van der Waals surface area contributed by atoms with Crippen LogP contribution in [0.3, 0.4) is 0 Å². The molecule has 2 unspecified atom stereocenters. The number of hydrogen-bond acceptors (Lipinski definition) is 3. The normalized spacial score (nSPS) is 24.3. The van der Waals surface area contributed by atoms with E-state index in [-0.39, 0.29) is 24.1 Å². The molecule has 2 heterocycles. The lowest BCUT2D eigenvalue weighted by Gasteiger charge is -2.35. The van der Waals surface area contributed by atoms with Gasteiger partial charge in [0.1, 0.15) is 0 Å². The van der Waals surface area contributed by atoms with Crippen LogP contribution in [0.2, 0.25) is 0 Å². The van der Waals surface area contributed by atoms with Crippen LogP contribution < -0.4 is 10.2 Å². The first-order chi connectivity index (χ1) is 11.5. The molecule has 6 heteroatoms. The van der Waals surface area contributed by atoms with Gasteiger partial charge in [0.25, 0.3) is 0 Å². The van der Waals surface area contributed by atoms with Crippen molar-refractivity contribution >= 4 is 17.6 Å². The molecule has 24 heavy (non-hydrogen) atoms. The van der Waals surface area contributed by atoms with Gasteiger partial charge in [-0.25, -0.2) is 4.79 Å². The van der Waals surface area contributed by atoms with Crippen LogP contribution in [0.5, 0.6) is 0 Å². The van der Waals surface area contributed by atoms with Gasteiger partial charge < -0.3 is 19.9 Å². The standard InChI is InChI=1S/C18H25N3O3/c1-13-11-20(12-14(2)24-13)18(23)19-10-15-5-7-16(8-6-15)21-9-3-4-17(21)22/h5-8,13-14H,3-4,9-12H2,1-2H3,(H,19,23). The highest BCUT2D eigenvalue weighted by atomic mass is 16.5. The molecule has 2 fully saturated rings. The summed E-state index contributed by atoms with van der Waals surface area (Å²) in [5.74, 6) is 0.187. The Balaban J connectivity index is 1.53. The van der Waals surface area contributed by atoms with E-state index in [9.17, 15) is 9.59 Å². The third kappa shape index (κ3) is 3.87. The van der Waals surface area contributed by atoms with Crippen LogP contribution in [0.1, 0.15) is 32.3 Å². The molecule has 1 aromatic carbocycles. The number of anilines is 1. The maximum atomic E-state index is 12.3. The topological polar surface area (TPSA) is 61.9 Å². The van der Waals surface area contributed by atoms with E-state index in [1.165, 1.54) is 0 Å². The minimum absolute atomic E-state index is 0.0594. The summed E-state index contributed by atoms with van der Waals surface area (Å²) in [5, 5.41) is 2.96. The van der Waals surface area contributed by atoms with Gasteiger partial charge in [0.15, 0.2) is 0 Å². The van der Waals surface area contributed by atoms with Crippen LogP contribution in [0.25, 0.3) is 0 Å². The first kappa shape index (κ1) is 16.8. The number of benzene rings is 1. The molecule has 6 nitrogen and oxygen atoms in total. The van der Waals surface area contributed by atoms with E-state index in [0.29, 0.717) is 26.1 Å². The van der Waals surface area contributed by atoms with Gasteiger partial charge in [-0.15, -0.1) is 0 Å². The molecule has 130 valence electrons. The van der Waals surface area contributed by atoms with Crippen LogP contribution in [-0.4, -0.2) is 48.7 Å². The van der Waals surface area contributed by atoms with Crippen molar-refractivity contribution in [1.29, 1.82) is 0 Å². The summed E-state index contributed by atoms with van der Waals surface area (Å²) in [7, 11) is 0. The van der Waals surface area contributed by atoms with Gasteiger partial charge in [0, 0.05) is 38.3 Å². The minimum Gasteiger partial charge on any atom is -0.372 e. The Kier molecular flexibility index (Phi) is 5.04. The predicted octanol–water partition coefficient (Wildman–Crippen LogP) is 2.13. The second-order valence-electron chi connectivity index (χ2n) is 6.64. The molecule has 2 atom stereocenters. The first-order valence-corrected chi connectivity index (χ1v) is 8.60. The van der Waals surface area contributed by atoms with E-state index < -0.39 is 0 Å². The SMILES string of the molecule is CC1CN(C(=O)NCc2ccc(N3CCCC3=O)cc2)CC(C)O1. The Hall–Kier alpha value is -2.08. The van der Waals surface area contributed by atoms with E-state index in [0.717, 1.165) is 24.2 Å². The third-order valence-electron chi connectivity index (χ3n) is 4.47. The van der Waals surface area contributed by atoms with Crippen LogP contribution in [0, 0.1) is 0 Å². The Bertz CT molecular complexity index is 592. The number of morpholine rings is 1. The summed E-state index contributed by atoms with van der Waals surface area (Å²) in [6.45, 7) is 6.47. The van der Waals surface area contributed by atoms with Crippen molar-refractivity contribution in [2.45, 2.75) is 45.4 Å². The summed E-state index contributed by atoms with van der Waals surface area (Å²) >= 11 is 0. The zero-order valence-electron chi connectivity index (χ0n) is 14.3. The molecule has 2 aliphatic rings. The number of rotatable bonds is 3. The quantitative estimate of drug-likeness (QED) is 0.923. The molecule has 2 aliphatic heterocycles. The van der Waals surface area contributed by atoms with Crippen LogP contribution >= 0.6 is 0 Å². The zero-order valence-corrected chi connectivity index (χ0v) is 14.3.